The molecule has 20 heavy (non-hydrogen) atoms. The summed E-state index contributed by atoms with van der Waals surface area (Å²) in [5.41, 5.74) is 3.30. The van der Waals surface area contributed by atoms with Crippen LogP contribution >= 0.6 is 0 Å². The monoisotopic (exact) mass is 274 g/mol. The summed E-state index contributed by atoms with van der Waals surface area (Å²) in [6, 6.07) is 7.91. The van der Waals surface area contributed by atoms with E-state index in [2.05, 4.69) is 10.7 Å². The number of carbonyl (C=O) groups excluding carboxylic acids is 1. The maximum Gasteiger partial charge on any atom is 0.294 e. The Morgan fingerprint density at radius 2 is 2.05 bits per heavy atom. The van der Waals surface area contributed by atoms with Gasteiger partial charge in [0.15, 0.2) is 0 Å². The van der Waals surface area contributed by atoms with E-state index in [1.165, 1.54) is 12.1 Å². The van der Waals surface area contributed by atoms with E-state index < -0.39 is 4.92 Å². The molecule has 7 heteroatoms. The largest absolute Gasteiger partial charge is 0.352 e. The summed E-state index contributed by atoms with van der Waals surface area (Å²) < 4.78 is 1.59. The van der Waals surface area contributed by atoms with Crippen LogP contribution in [0.2, 0.25) is 0 Å². The molecule has 0 atom stereocenters. The molecule has 104 valence electrons. The highest BCUT2D eigenvalue weighted by Gasteiger charge is 2.17. The number of nitrogens with zero attached hydrogens (tertiary/aromatic N) is 2. The first-order valence-electron chi connectivity index (χ1n) is 6.08. The van der Waals surface area contributed by atoms with Crippen LogP contribution in [-0.4, -0.2) is 22.1 Å². The zero-order chi connectivity index (χ0) is 14.5. The Morgan fingerprint density at radius 3 is 2.65 bits per heavy atom. The van der Waals surface area contributed by atoms with Crippen LogP contribution in [0.5, 0.6) is 0 Å². The molecule has 1 heterocycles. The molecule has 1 amide bonds. The molecule has 0 aliphatic heterocycles. The molecule has 7 nitrogen and oxygen atoms in total. The van der Waals surface area contributed by atoms with Crippen LogP contribution in [-0.2, 0) is 0 Å². The molecule has 1 aromatic carbocycles. The van der Waals surface area contributed by atoms with Gasteiger partial charge in [0.25, 0.3) is 11.6 Å². The summed E-state index contributed by atoms with van der Waals surface area (Å²) >= 11 is 0. The summed E-state index contributed by atoms with van der Waals surface area (Å²) in [5.74, 6) is -0.330. The summed E-state index contributed by atoms with van der Waals surface area (Å²) in [7, 11) is 0. The van der Waals surface area contributed by atoms with E-state index in [0.717, 1.165) is 0 Å². The Morgan fingerprint density at radius 1 is 1.35 bits per heavy atom. The maximum atomic E-state index is 11.7. The van der Waals surface area contributed by atoms with Crippen LogP contribution in [0.3, 0.4) is 0 Å². The van der Waals surface area contributed by atoms with Gasteiger partial charge in [-0.3, -0.25) is 25.0 Å². The predicted octanol–water partition coefficient (Wildman–Crippen LogP) is 2.02. The lowest BCUT2D eigenvalue weighted by atomic mass is 10.1. The van der Waals surface area contributed by atoms with Crippen molar-refractivity contribution in [3.8, 4) is 0 Å². The number of carbonyl (C=O) groups is 1. The Bertz CT molecular complexity index is 623. The van der Waals surface area contributed by atoms with Gasteiger partial charge < -0.3 is 5.32 Å². The summed E-state index contributed by atoms with van der Waals surface area (Å²) in [4.78, 5) is 22.3. The van der Waals surface area contributed by atoms with Crippen LogP contribution in [0.1, 0.15) is 17.3 Å². The van der Waals surface area contributed by atoms with Gasteiger partial charge in [-0.05, 0) is 31.2 Å². The number of rotatable bonds is 5. The van der Waals surface area contributed by atoms with Crippen molar-refractivity contribution in [1.29, 1.82) is 0 Å². The van der Waals surface area contributed by atoms with E-state index in [1.807, 2.05) is 0 Å². The quantitative estimate of drug-likeness (QED) is 0.644. The third kappa shape index (κ3) is 2.94. The molecule has 0 fully saturated rings. The SMILES string of the molecule is CCNC(=O)c1ccc(Nn2cccc2)c([N+](=O)[O-])c1. The number of benzene rings is 1. The second-order valence-corrected chi connectivity index (χ2v) is 4.05. The Labute approximate surface area is 115 Å². The average Bonchev–Trinajstić information content (AvgIpc) is 2.92. The molecule has 0 saturated carbocycles. The summed E-state index contributed by atoms with van der Waals surface area (Å²) in [5, 5.41) is 13.7. The smallest absolute Gasteiger partial charge is 0.294 e. The van der Waals surface area contributed by atoms with Crippen LogP contribution in [0.4, 0.5) is 11.4 Å². The Balaban J connectivity index is 2.33. The first-order valence-corrected chi connectivity index (χ1v) is 6.08. The van der Waals surface area contributed by atoms with Crippen LogP contribution in [0.15, 0.2) is 42.7 Å². The van der Waals surface area contributed by atoms with Gasteiger partial charge in [0.2, 0.25) is 0 Å². The molecule has 0 bridgehead atoms. The Hall–Kier alpha value is -2.83. The molecule has 0 saturated heterocycles. The van der Waals surface area contributed by atoms with Gasteiger partial charge in [0.1, 0.15) is 5.69 Å². The van der Waals surface area contributed by atoms with Gasteiger partial charge in [-0.1, -0.05) is 0 Å². The fourth-order valence-corrected chi connectivity index (χ4v) is 1.73. The highest BCUT2D eigenvalue weighted by Crippen LogP contribution is 2.25. The van der Waals surface area contributed by atoms with Crippen molar-refractivity contribution in [2.45, 2.75) is 6.92 Å². The lowest BCUT2D eigenvalue weighted by molar-refractivity contribution is -0.384. The van der Waals surface area contributed by atoms with Crippen LogP contribution < -0.4 is 10.7 Å². The number of hydrogen-bond acceptors (Lipinski definition) is 4. The van der Waals surface area contributed by atoms with Crippen LogP contribution in [0, 0.1) is 10.1 Å². The van der Waals surface area contributed by atoms with Gasteiger partial charge in [0.05, 0.1) is 4.92 Å². The third-order valence-corrected chi connectivity index (χ3v) is 2.65. The number of nitro groups is 1. The van der Waals surface area contributed by atoms with Crippen molar-refractivity contribution in [2.75, 3.05) is 12.0 Å². The minimum atomic E-state index is -0.519. The highest BCUT2D eigenvalue weighted by atomic mass is 16.6. The van der Waals surface area contributed by atoms with Crippen molar-refractivity contribution >= 4 is 17.3 Å². The van der Waals surface area contributed by atoms with Gasteiger partial charge in [-0.2, -0.15) is 0 Å². The topological polar surface area (TPSA) is 89.2 Å². The molecule has 2 aromatic rings. The number of nitro benzene ring substituents is 1. The van der Waals surface area contributed by atoms with Crippen molar-refractivity contribution in [3.63, 3.8) is 0 Å². The molecule has 0 radical (unpaired) electrons. The average molecular weight is 274 g/mol. The molecule has 2 N–H and O–H groups in total. The minimum absolute atomic E-state index is 0.151. The molecule has 0 aliphatic rings. The summed E-state index contributed by atoms with van der Waals surface area (Å²) in [6.07, 6.45) is 3.45. The standard InChI is InChI=1S/C13H14N4O3/c1-2-14-13(18)10-5-6-11(12(9-10)17(19)20)15-16-7-3-4-8-16/h3-9,15H,2H2,1H3,(H,14,18). The van der Waals surface area contributed by atoms with Crippen molar-refractivity contribution in [1.82, 2.24) is 9.99 Å². The second kappa shape index (κ2) is 5.87. The Kier molecular flexibility index (Phi) is 3.99. The molecule has 1 aromatic heterocycles. The number of amides is 1. The van der Waals surface area contributed by atoms with Crippen molar-refractivity contribution in [3.05, 3.63) is 58.4 Å². The predicted molar refractivity (Wildman–Crippen MR) is 74.6 cm³/mol. The fraction of sp³-hybridized carbons (Fsp3) is 0.154. The van der Waals surface area contributed by atoms with E-state index in [9.17, 15) is 14.9 Å². The first kappa shape index (κ1) is 13.6. The van der Waals surface area contributed by atoms with E-state index in [4.69, 9.17) is 0 Å². The number of nitrogens with one attached hydrogen (secondary N) is 2. The third-order valence-electron chi connectivity index (χ3n) is 2.65. The van der Waals surface area contributed by atoms with E-state index in [1.54, 1.807) is 42.2 Å². The number of anilines is 1. The normalized spacial score (nSPS) is 10.1. The van der Waals surface area contributed by atoms with E-state index in [0.29, 0.717) is 12.2 Å². The first-order chi connectivity index (χ1) is 9.61. The van der Waals surface area contributed by atoms with Gasteiger partial charge in [0, 0.05) is 30.6 Å². The lowest BCUT2D eigenvalue weighted by Crippen LogP contribution is -2.22. The van der Waals surface area contributed by atoms with Gasteiger partial charge in [-0.15, -0.1) is 0 Å². The van der Waals surface area contributed by atoms with Crippen molar-refractivity contribution < 1.29 is 9.72 Å². The molecular formula is C13H14N4O3. The van der Waals surface area contributed by atoms with Crippen molar-refractivity contribution in [2.24, 2.45) is 0 Å². The molecule has 0 aliphatic carbocycles. The molecule has 0 spiro atoms. The summed E-state index contributed by atoms with van der Waals surface area (Å²) in [6.45, 7) is 2.25. The van der Waals surface area contributed by atoms with Gasteiger partial charge >= 0.3 is 0 Å². The molecular weight excluding hydrogens is 260 g/mol. The zero-order valence-corrected chi connectivity index (χ0v) is 10.9. The van der Waals surface area contributed by atoms with E-state index in [-0.39, 0.29) is 17.2 Å². The van der Waals surface area contributed by atoms with Crippen LogP contribution in [0.25, 0.3) is 0 Å². The zero-order valence-electron chi connectivity index (χ0n) is 10.9. The van der Waals surface area contributed by atoms with E-state index >= 15 is 0 Å². The lowest BCUT2D eigenvalue weighted by Gasteiger charge is -2.09. The number of aromatic nitrogens is 1. The van der Waals surface area contributed by atoms with Gasteiger partial charge in [-0.25, -0.2) is 0 Å². The number of hydrogen-bond donors (Lipinski definition) is 2. The maximum absolute atomic E-state index is 11.7. The highest BCUT2D eigenvalue weighted by molar-refractivity contribution is 5.95. The molecule has 2 rings (SSSR count). The fourth-order valence-electron chi connectivity index (χ4n) is 1.73. The second-order valence-electron chi connectivity index (χ2n) is 4.05. The molecule has 0 unspecified atom stereocenters. The minimum Gasteiger partial charge on any atom is -0.352 e.